The van der Waals surface area contributed by atoms with Crippen molar-refractivity contribution in [1.29, 1.82) is 0 Å². The topological polar surface area (TPSA) is 52.6 Å². The van der Waals surface area contributed by atoms with E-state index in [0.29, 0.717) is 36.7 Å². The molecule has 21 heavy (non-hydrogen) atoms. The van der Waals surface area contributed by atoms with Gasteiger partial charge in [0.1, 0.15) is 0 Å². The van der Waals surface area contributed by atoms with Gasteiger partial charge in [0.25, 0.3) is 0 Å². The summed E-state index contributed by atoms with van der Waals surface area (Å²) in [4.78, 5) is 24.3. The van der Waals surface area contributed by atoms with E-state index in [0.717, 1.165) is 12.8 Å². The average Bonchev–Trinajstić information content (AvgIpc) is 2.70. The molecule has 0 radical (unpaired) electrons. The lowest BCUT2D eigenvalue weighted by atomic mass is 9.84. The van der Waals surface area contributed by atoms with Gasteiger partial charge in [0, 0.05) is 0 Å². The summed E-state index contributed by atoms with van der Waals surface area (Å²) >= 11 is 0. The Balaban J connectivity index is 2.34. The lowest BCUT2D eigenvalue weighted by molar-refractivity contribution is -0.141. The summed E-state index contributed by atoms with van der Waals surface area (Å²) in [6.45, 7) is 8.59. The molecule has 0 aliphatic heterocycles. The van der Waals surface area contributed by atoms with Gasteiger partial charge in [-0.25, -0.2) is 9.59 Å². The lowest BCUT2D eigenvalue weighted by Gasteiger charge is -2.22. The maximum absolute atomic E-state index is 12.2. The third kappa shape index (κ3) is 3.36. The molecule has 0 saturated heterocycles. The molecule has 1 saturated carbocycles. The molecule has 1 atom stereocenters. The smallest absolute Gasteiger partial charge is 0.338 e. The lowest BCUT2D eigenvalue weighted by Crippen LogP contribution is -2.21. The Hall–Kier alpha value is -1.58. The van der Waals surface area contributed by atoms with Crippen LogP contribution in [0.3, 0.4) is 0 Å². The van der Waals surface area contributed by atoms with Crippen molar-refractivity contribution in [2.75, 3.05) is 13.2 Å². The highest BCUT2D eigenvalue weighted by Crippen LogP contribution is 2.49. The summed E-state index contributed by atoms with van der Waals surface area (Å²) in [6, 6.07) is 0. The molecule has 2 aliphatic carbocycles. The van der Waals surface area contributed by atoms with E-state index in [1.807, 2.05) is 6.08 Å². The van der Waals surface area contributed by atoms with E-state index < -0.39 is 5.97 Å². The minimum Gasteiger partial charge on any atom is -0.463 e. The number of esters is 2. The molecule has 1 fully saturated rings. The molecule has 0 aromatic rings. The summed E-state index contributed by atoms with van der Waals surface area (Å²) in [5.74, 6) is -0.464. The van der Waals surface area contributed by atoms with Gasteiger partial charge in [0.15, 0.2) is 0 Å². The minimum atomic E-state index is -0.420. The molecule has 2 rings (SSSR count). The van der Waals surface area contributed by atoms with Gasteiger partial charge in [-0.15, -0.1) is 0 Å². The zero-order chi connectivity index (χ0) is 15.6. The fraction of sp³-hybridized carbons (Fsp3) is 0.647. The molecule has 0 amide bonds. The van der Waals surface area contributed by atoms with E-state index >= 15 is 0 Å². The molecule has 4 nitrogen and oxygen atoms in total. The number of carbonyl (C=O) groups excluding carboxylic acids is 2. The first kappa shape index (κ1) is 15.8. The van der Waals surface area contributed by atoms with Crippen molar-refractivity contribution in [1.82, 2.24) is 0 Å². The molecule has 116 valence electrons. The van der Waals surface area contributed by atoms with Crippen LogP contribution in [0.4, 0.5) is 0 Å². The van der Waals surface area contributed by atoms with Gasteiger partial charge in [-0.1, -0.05) is 19.4 Å². The van der Waals surface area contributed by atoms with Crippen LogP contribution in [0.1, 0.15) is 47.0 Å². The molecule has 0 aromatic carbocycles. The van der Waals surface area contributed by atoms with Gasteiger partial charge in [-0.05, 0) is 50.5 Å². The molecule has 0 spiro atoms. The second-order valence-electron chi connectivity index (χ2n) is 6.50. The van der Waals surface area contributed by atoms with Gasteiger partial charge in [0.05, 0.1) is 24.4 Å². The predicted octanol–water partition coefficient (Wildman–Crippen LogP) is 3.18. The summed E-state index contributed by atoms with van der Waals surface area (Å²) in [5.41, 5.74) is 2.34. The van der Waals surface area contributed by atoms with E-state index in [9.17, 15) is 9.59 Å². The first-order valence-electron chi connectivity index (χ1n) is 7.65. The van der Waals surface area contributed by atoms with E-state index in [-0.39, 0.29) is 11.4 Å². The van der Waals surface area contributed by atoms with Crippen molar-refractivity contribution in [2.24, 2.45) is 11.3 Å². The third-order valence-electron chi connectivity index (χ3n) is 4.13. The molecular weight excluding hydrogens is 268 g/mol. The fourth-order valence-corrected chi connectivity index (χ4v) is 3.37. The number of ether oxygens (including phenoxy) is 2. The SMILES string of the molecule is CCOC(=O)C1=C(C(=O)OCC)CC2CC(C)(C)CC2=C1. The summed E-state index contributed by atoms with van der Waals surface area (Å²) in [7, 11) is 0. The Morgan fingerprint density at radius 1 is 1.19 bits per heavy atom. The molecule has 1 unspecified atom stereocenters. The van der Waals surface area contributed by atoms with Crippen molar-refractivity contribution in [3.05, 3.63) is 22.8 Å². The van der Waals surface area contributed by atoms with Crippen LogP contribution in [-0.2, 0) is 19.1 Å². The van der Waals surface area contributed by atoms with E-state index in [1.165, 1.54) is 5.57 Å². The Labute approximate surface area is 126 Å². The Bertz CT molecular complexity index is 511. The minimum absolute atomic E-state index is 0.223. The second kappa shape index (κ2) is 6.04. The van der Waals surface area contributed by atoms with Crippen molar-refractivity contribution in [3.8, 4) is 0 Å². The van der Waals surface area contributed by atoms with Crippen molar-refractivity contribution >= 4 is 11.9 Å². The highest BCUT2D eigenvalue weighted by molar-refractivity contribution is 6.03. The monoisotopic (exact) mass is 292 g/mol. The van der Waals surface area contributed by atoms with Gasteiger partial charge >= 0.3 is 11.9 Å². The molecular formula is C17H24O4. The fourth-order valence-electron chi connectivity index (χ4n) is 3.37. The first-order valence-corrected chi connectivity index (χ1v) is 7.65. The highest BCUT2D eigenvalue weighted by atomic mass is 16.5. The van der Waals surface area contributed by atoms with Gasteiger partial charge in [-0.2, -0.15) is 0 Å². The van der Waals surface area contributed by atoms with E-state index in [2.05, 4.69) is 13.8 Å². The largest absolute Gasteiger partial charge is 0.463 e. The van der Waals surface area contributed by atoms with Crippen molar-refractivity contribution in [3.63, 3.8) is 0 Å². The summed E-state index contributed by atoms with van der Waals surface area (Å²) in [5, 5.41) is 0. The Morgan fingerprint density at radius 3 is 2.43 bits per heavy atom. The molecule has 4 heteroatoms. The quantitative estimate of drug-likeness (QED) is 0.747. The molecule has 0 bridgehead atoms. The number of allylic oxidation sites excluding steroid dienone is 1. The van der Waals surface area contributed by atoms with Crippen LogP contribution < -0.4 is 0 Å². The zero-order valence-corrected chi connectivity index (χ0v) is 13.3. The van der Waals surface area contributed by atoms with Gasteiger partial charge in [0.2, 0.25) is 0 Å². The highest BCUT2D eigenvalue weighted by Gasteiger charge is 2.40. The van der Waals surface area contributed by atoms with Crippen LogP contribution in [0.15, 0.2) is 22.8 Å². The molecule has 0 heterocycles. The van der Waals surface area contributed by atoms with Crippen LogP contribution in [0, 0.1) is 11.3 Å². The number of rotatable bonds is 4. The number of fused-ring (bicyclic) bond motifs is 1. The average molecular weight is 292 g/mol. The summed E-state index contributed by atoms with van der Waals surface area (Å²) < 4.78 is 10.2. The molecule has 0 aromatic heterocycles. The predicted molar refractivity (Wildman–Crippen MR) is 79.5 cm³/mol. The van der Waals surface area contributed by atoms with Crippen LogP contribution in [0.2, 0.25) is 0 Å². The third-order valence-corrected chi connectivity index (χ3v) is 4.13. The normalized spacial score (nSPS) is 23.4. The van der Waals surface area contributed by atoms with Crippen LogP contribution in [0.5, 0.6) is 0 Å². The standard InChI is InChI=1S/C17H24O4/c1-5-20-15(18)13-7-11-9-17(3,4)10-12(11)8-14(13)16(19)21-6-2/h7,12H,5-6,8-10H2,1-4H3. The van der Waals surface area contributed by atoms with Crippen LogP contribution in [0.25, 0.3) is 0 Å². The van der Waals surface area contributed by atoms with Crippen LogP contribution in [-0.4, -0.2) is 25.2 Å². The number of hydrogen-bond donors (Lipinski definition) is 0. The van der Waals surface area contributed by atoms with Crippen molar-refractivity contribution in [2.45, 2.75) is 47.0 Å². The Morgan fingerprint density at radius 2 is 1.81 bits per heavy atom. The number of carbonyl (C=O) groups is 2. The maximum atomic E-state index is 12.2. The molecule has 2 aliphatic rings. The Kier molecular flexibility index (Phi) is 4.55. The maximum Gasteiger partial charge on any atom is 0.338 e. The summed E-state index contributed by atoms with van der Waals surface area (Å²) in [6.07, 6.45) is 4.46. The second-order valence-corrected chi connectivity index (χ2v) is 6.50. The van der Waals surface area contributed by atoms with Gasteiger partial charge in [-0.3, -0.25) is 0 Å². The first-order chi connectivity index (χ1) is 9.88. The molecule has 0 N–H and O–H groups in total. The zero-order valence-electron chi connectivity index (χ0n) is 13.3. The van der Waals surface area contributed by atoms with Crippen LogP contribution >= 0.6 is 0 Å². The van der Waals surface area contributed by atoms with Gasteiger partial charge < -0.3 is 9.47 Å². The van der Waals surface area contributed by atoms with Crippen molar-refractivity contribution < 1.29 is 19.1 Å². The number of hydrogen-bond acceptors (Lipinski definition) is 4. The van der Waals surface area contributed by atoms with E-state index in [4.69, 9.17) is 9.47 Å². The van der Waals surface area contributed by atoms with E-state index in [1.54, 1.807) is 13.8 Å².